The van der Waals surface area contributed by atoms with E-state index in [-0.39, 0.29) is 12.7 Å². The van der Waals surface area contributed by atoms with Gasteiger partial charge in [-0.05, 0) is 18.2 Å². The van der Waals surface area contributed by atoms with Gasteiger partial charge in [0.25, 0.3) is 0 Å². The minimum absolute atomic E-state index is 0.259. The fraction of sp³-hybridized carbons (Fsp3) is 0.167. The summed E-state index contributed by atoms with van der Waals surface area (Å²) in [6.45, 7) is 2.97. The molecule has 0 aliphatic carbocycles. The van der Waals surface area contributed by atoms with Crippen LogP contribution in [-0.4, -0.2) is 18.5 Å². The van der Waals surface area contributed by atoms with Gasteiger partial charge in [0.1, 0.15) is 18.2 Å². The third-order valence-electron chi connectivity index (χ3n) is 1.95. The Bertz CT molecular complexity index is 537. The lowest BCUT2D eigenvalue weighted by atomic mass is 10.2. The minimum atomic E-state index is -4.95. The molecule has 0 unspecified atom stereocenters. The number of hydrogen-bond acceptors (Lipinski definition) is 4. The van der Waals surface area contributed by atoms with E-state index in [1.165, 1.54) is 6.08 Å². The molecule has 1 rings (SSSR count). The summed E-state index contributed by atoms with van der Waals surface area (Å²) in [4.78, 5) is 22.2. The summed E-state index contributed by atoms with van der Waals surface area (Å²) >= 11 is 0. The van der Waals surface area contributed by atoms with Crippen molar-refractivity contribution in [3.8, 4) is 5.75 Å². The molecule has 0 bridgehead atoms. The Labute approximate surface area is 110 Å². The molecule has 0 saturated heterocycles. The van der Waals surface area contributed by atoms with Crippen LogP contribution in [0.25, 0.3) is 0 Å². The Hall–Kier alpha value is -2.38. The van der Waals surface area contributed by atoms with Gasteiger partial charge in [-0.15, -0.1) is 0 Å². The average molecular weight is 292 g/mol. The van der Waals surface area contributed by atoms with Crippen LogP contribution < -0.4 is 4.74 Å². The lowest BCUT2D eigenvalue weighted by Crippen LogP contribution is -2.23. The van der Waals surface area contributed by atoms with Crippen LogP contribution in [0.4, 0.5) is 17.6 Å². The summed E-state index contributed by atoms with van der Waals surface area (Å²) in [5.41, 5.74) is -1.61. The van der Waals surface area contributed by atoms with Gasteiger partial charge in [-0.2, -0.15) is 13.2 Å². The second-order valence-corrected chi connectivity index (χ2v) is 3.42. The van der Waals surface area contributed by atoms with Gasteiger partial charge in [0, 0.05) is 0 Å². The standard InChI is InChI=1S/C12H8F4O4/c1-2-5-19-10(17)11(18)20-7-3-4-9(13)8(6-7)12(14,15)16/h2-4,6H,1,5H2. The Kier molecular flexibility index (Phi) is 4.84. The normalized spacial score (nSPS) is 10.8. The molecule has 0 aromatic heterocycles. The maximum Gasteiger partial charge on any atom is 0.422 e. The van der Waals surface area contributed by atoms with Crippen molar-refractivity contribution in [3.63, 3.8) is 0 Å². The third kappa shape index (κ3) is 4.08. The van der Waals surface area contributed by atoms with E-state index >= 15 is 0 Å². The number of ether oxygens (including phenoxy) is 2. The molecular formula is C12H8F4O4. The number of benzene rings is 1. The van der Waals surface area contributed by atoms with Crippen LogP contribution in [0.1, 0.15) is 5.56 Å². The van der Waals surface area contributed by atoms with Crippen molar-refractivity contribution in [3.05, 3.63) is 42.2 Å². The highest BCUT2D eigenvalue weighted by Crippen LogP contribution is 2.33. The molecule has 1 aromatic rings. The summed E-state index contributed by atoms with van der Waals surface area (Å²) in [5, 5.41) is 0. The third-order valence-corrected chi connectivity index (χ3v) is 1.95. The molecule has 0 aliphatic rings. The zero-order chi connectivity index (χ0) is 15.3. The fourth-order valence-electron chi connectivity index (χ4n) is 1.13. The van der Waals surface area contributed by atoms with E-state index < -0.39 is 35.2 Å². The second-order valence-electron chi connectivity index (χ2n) is 3.42. The molecule has 0 amide bonds. The van der Waals surface area contributed by atoms with Crippen molar-refractivity contribution >= 4 is 11.9 Å². The van der Waals surface area contributed by atoms with E-state index in [1.54, 1.807) is 0 Å². The number of rotatable bonds is 3. The lowest BCUT2D eigenvalue weighted by Gasteiger charge is -2.10. The molecule has 0 atom stereocenters. The van der Waals surface area contributed by atoms with Crippen molar-refractivity contribution in [2.45, 2.75) is 6.18 Å². The summed E-state index contributed by atoms with van der Waals surface area (Å²) in [5.74, 6) is -5.07. The second kappa shape index (κ2) is 6.18. The zero-order valence-corrected chi connectivity index (χ0v) is 9.87. The van der Waals surface area contributed by atoms with Gasteiger partial charge < -0.3 is 9.47 Å². The number of hydrogen-bond donors (Lipinski definition) is 0. The maximum atomic E-state index is 13.0. The number of alkyl halides is 3. The van der Waals surface area contributed by atoms with Crippen LogP contribution in [0.2, 0.25) is 0 Å². The van der Waals surface area contributed by atoms with Crippen LogP contribution in [0.15, 0.2) is 30.9 Å². The van der Waals surface area contributed by atoms with Crippen molar-refractivity contribution in [2.75, 3.05) is 6.61 Å². The maximum absolute atomic E-state index is 13.0. The molecule has 8 heteroatoms. The van der Waals surface area contributed by atoms with Gasteiger partial charge in [-0.1, -0.05) is 12.7 Å². The van der Waals surface area contributed by atoms with E-state index in [2.05, 4.69) is 16.1 Å². The number of carbonyl (C=O) groups is 2. The van der Waals surface area contributed by atoms with Crippen LogP contribution in [-0.2, 0) is 20.5 Å². The molecule has 1 aromatic carbocycles. The minimum Gasteiger partial charge on any atom is -0.453 e. The first-order chi connectivity index (χ1) is 9.25. The number of carbonyl (C=O) groups excluding carboxylic acids is 2. The molecule has 0 aliphatic heterocycles. The Morgan fingerprint density at radius 2 is 1.90 bits per heavy atom. The largest absolute Gasteiger partial charge is 0.453 e. The molecular weight excluding hydrogens is 284 g/mol. The zero-order valence-electron chi connectivity index (χ0n) is 9.87. The molecule has 0 N–H and O–H groups in total. The smallest absolute Gasteiger partial charge is 0.422 e. The van der Waals surface area contributed by atoms with E-state index in [0.29, 0.717) is 6.07 Å². The first-order valence-corrected chi connectivity index (χ1v) is 5.12. The number of halogens is 4. The van der Waals surface area contributed by atoms with Crippen molar-refractivity contribution in [1.29, 1.82) is 0 Å². The van der Waals surface area contributed by atoms with Gasteiger partial charge in [-0.3, -0.25) is 0 Å². The van der Waals surface area contributed by atoms with Crippen molar-refractivity contribution < 1.29 is 36.6 Å². The highest BCUT2D eigenvalue weighted by molar-refractivity contribution is 6.30. The van der Waals surface area contributed by atoms with E-state index in [1.807, 2.05) is 0 Å². The molecule has 0 heterocycles. The van der Waals surface area contributed by atoms with E-state index in [4.69, 9.17) is 0 Å². The Morgan fingerprint density at radius 1 is 1.25 bits per heavy atom. The van der Waals surface area contributed by atoms with E-state index in [0.717, 1.165) is 6.07 Å². The first-order valence-electron chi connectivity index (χ1n) is 5.12. The topological polar surface area (TPSA) is 52.6 Å². The summed E-state index contributed by atoms with van der Waals surface area (Å²) < 4.78 is 58.9. The molecule has 0 saturated carbocycles. The summed E-state index contributed by atoms with van der Waals surface area (Å²) in [6.07, 6.45) is -3.76. The van der Waals surface area contributed by atoms with Crippen LogP contribution in [0.5, 0.6) is 5.75 Å². The van der Waals surface area contributed by atoms with Gasteiger partial charge >= 0.3 is 18.1 Å². The predicted molar refractivity (Wildman–Crippen MR) is 58.2 cm³/mol. The van der Waals surface area contributed by atoms with Crippen LogP contribution >= 0.6 is 0 Å². The van der Waals surface area contributed by atoms with Gasteiger partial charge in [0.2, 0.25) is 0 Å². The van der Waals surface area contributed by atoms with Gasteiger partial charge in [0.15, 0.2) is 0 Å². The van der Waals surface area contributed by atoms with Gasteiger partial charge in [-0.25, -0.2) is 14.0 Å². The van der Waals surface area contributed by atoms with Gasteiger partial charge in [0.05, 0.1) is 5.56 Å². The Balaban J connectivity index is 2.86. The molecule has 0 spiro atoms. The molecule has 4 nitrogen and oxygen atoms in total. The van der Waals surface area contributed by atoms with Crippen molar-refractivity contribution in [1.82, 2.24) is 0 Å². The van der Waals surface area contributed by atoms with E-state index in [9.17, 15) is 27.2 Å². The number of esters is 2. The SMILES string of the molecule is C=CCOC(=O)C(=O)Oc1ccc(F)c(C(F)(F)F)c1. The quantitative estimate of drug-likeness (QED) is 0.282. The van der Waals surface area contributed by atoms with Crippen LogP contribution in [0, 0.1) is 5.82 Å². The highest BCUT2D eigenvalue weighted by atomic mass is 19.4. The highest BCUT2D eigenvalue weighted by Gasteiger charge is 2.34. The van der Waals surface area contributed by atoms with Crippen molar-refractivity contribution in [2.24, 2.45) is 0 Å². The molecule has 0 fully saturated rings. The average Bonchev–Trinajstić information content (AvgIpc) is 2.36. The van der Waals surface area contributed by atoms with Crippen LogP contribution in [0.3, 0.4) is 0 Å². The Morgan fingerprint density at radius 3 is 2.45 bits per heavy atom. The molecule has 0 radical (unpaired) electrons. The molecule has 20 heavy (non-hydrogen) atoms. The molecule has 108 valence electrons. The lowest BCUT2D eigenvalue weighted by molar-refractivity contribution is -0.161. The fourth-order valence-corrected chi connectivity index (χ4v) is 1.13. The predicted octanol–water partition coefficient (Wildman–Crippen LogP) is 2.48. The summed E-state index contributed by atoms with van der Waals surface area (Å²) in [6, 6.07) is 1.53. The first kappa shape index (κ1) is 15.7. The summed E-state index contributed by atoms with van der Waals surface area (Å²) in [7, 11) is 0. The monoisotopic (exact) mass is 292 g/mol.